The number of carbonyl (C=O) groups is 2. The highest BCUT2D eigenvalue weighted by Gasteiger charge is 2.31. The summed E-state index contributed by atoms with van der Waals surface area (Å²) in [4.78, 5) is 25.6. The van der Waals surface area contributed by atoms with Crippen LogP contribution in [0.2, 0.25) is 0 Å². The van der Waals surface area contributed by atoms with Crippen LogP contribution in [0.15, 0.2) is 24.3 Å². The van der Waals surface area contributed by atoms with Crippen molar-refractivity contribution in [2.75, 3.05) is 26.4 Å². The molecule has 0 heterocycles. The molecule has 8 nitrogen and oxygen atoms in total. The van der Waals surface area contributed by atoms with Crippen LogP contribution in [0.4, 0.5) is 0 Å². The average Bonchev–Trinajstić information content (AvgIpc) is 2.92. The van der Waals surface area contributed by atoms with Crippen LogP contribution < -0.4 is 0 Å². The minimum atomic E-state index is -0.489. The topological polar surface area (TPSA) is 134 Å². The van der Waals surface area contributed by atoms with Gasteiger partial charge in [-0.25, -0.2) is 9.59 Å². The normalized spacial score (nSPS) is 26.1. The van der Waals surface area contributed by atoms with Gasteiger partial charge in [0.25, 0.3) is 0 Å². The van der Waals surface area contributed by atoms with Crippen molar-refractivity contribution in [2.24, 2.45) is 23.7 Å². The molecule has 0 radical (unpaired) electrons. The van der Waals surface area contributed by atoms with Crippen LogP contribution in [0.25, 0.3) is 0 Å². The van der Waals surface area contributed by atoms with E-state index >= 15 is 0 Å². The van der Waals surface area contributed by atoms with Crippen LogP contribution in [0, 0.1) is 23.7 Å². The summed E-state index contributed by atoms with van der Waals surface area (Å²) in [5, 5.41) is 37.6. The Morgan fingerprint density at radius 1 is 0.639 bits per heavy atom. The van der Waals surface area contributed by atoms with E-state index in [9.17, 15) is 30.0 Å². The molecule has 8 heteroatoms. The van der Waals surface area contributed by atoms with Crippen LogP contribution in [-0.2, 0) is 9.47 Å². The minimum Gasteiger partial charge on any atom is -0.458 e. The molecular formula is C28H42O8. The van der Waals surface area contributed by atoms with E-state index in [1.54, 1.807) is 24.3 Å². The fraction of sp³-hybridized carbons (Fsp3) is 0.714. The number of aliphatic hydroxyl groups excluding tert-OH is 4. The Bertz CT molecular complexity index is 727. The predicted octanol–water partition coefficient (Wildman–Crippen LogP) is 3.10. The van der Waals surface area contributed by atoms with E-state index in [4.69, 9.17) is 9.47 Å². The molecule has 0 aromatic heterocycles. The second-order valence-corrected chi connectivity index (χ2v) is 10.4. The van der Waals surface area contributed by atoms with E-state index in [0.29, 0.717) is 35.8 Å². The van der Waals surface area contributed by atoms with Gasteiger partial charge >= 0.3 is 11.9 Å². The van der Waals surface area contributed by atoms with Crippen molar-refractivity contribution < 1.29 is 39.5 Å². The first-order valence-corrected chi connectivity index (χ1v) is 13.4. The maximum Gasteiger partial charge on any atom is 0.338 e. The molecule has 36 heavy (non-hydrogen) atoms. The summed E-state index contributed by atoms with van der Waals surface area (Å²) in [7, 11) is 0. The Morgan fingerprint density at radius 2 is 0.972 bits per heavy atom. The molecule has 2 aliphatic rings. The van der Waals surface area contributed by atoms with Gasteiger partial charge in [0.1, 0.15) is 12.2 Å². The highest BCUT2D eigenvalue weighted by Crippen LogP contribution is 2.34. The summed E-state index contributed by atoms with van der Waals surface area (Å²) < 4.78 is 11.5. The van der Waals surface area contributed by atoms with Gasteiger partial charge in [-0.3, -0.25) is 0 Å². The molecule has 1 aromatic carbocycles. The second-order valence-electron chi connectivity index (χ2n) is 10.4. The van der Waals surface area contributed by atoms with Gasteiger partial charge in [-0.2, -0.15) is 0 Å². The van der Waals surface area contributed by atoms with E-state index in [1.807, 2.05) is 0 Å². The first kappa shape index (κ1) is 28.6. The number of ether oxygens (including phenoxy) is 2. The maximum absolute atomic E-state index is 12.8. The summed E-state index contributed by atoms with van der Waals surface area (Å²) in [6.45, 7) is 0.216. The zero-order valence-corrected chi connectivity index (χ0v) is 21.1. The lowest BCUT2D eigenvalue weighted by atomic mass is 9.79. The number of hydrogen-bond acceptors (Lipinski definition) is 8. The molecule has 2 saturated carbocycles. The minimum absolute atomic E-state index is 0.0701. The summed E-state index contributed by atoms with van der Waals surface area (Å²) >= 11 is 0. The maximum atomic E-state index is 12.8. The highest BCUT2D eigenvalue weighted by atomic mass is 16.5. The average molecular weight is 507 g/mol. The lowest BCUT2D eigenvalue weighted by molar-refractivity contribution is -0.00653. The monoisotopic (exact) mass is 506 g/mol. The third kappa shape index (κ3) is 8.00. The van der Waals surface area contributed by atoms with Crippen molar-refractivity contribution in [1.29, 1.82) is 0 Å². The lowest BCUT2D eigenvalue weighted by Gasteiger charge is -2.33. The summed E-state index contributed by atoms with van der Waals surface area (Å²) in [5.74, 6) is -0.0610. The van der Waals surface area contributed by atoms with Gasteiger partial charge in [0.15, 0.2) is 0 Å². The van der Waals surface area contributed by atoms with Crippen LogP contribution in [0.3, 0.4) is 0 Å². The Hall–Kier alpha value is -2.00. The lowest BCUT2D eigenvalue weighted by Crippen LogP contribution is -2.32. The predicted molar refractivity (Wildman–Crippen MR) is 133 cm³/mol. The Balaban J connectivity index is 1.56. The summed E-state index contributed by atoms with van der Waals surface area (Å²) in [5.41, 5.74) is 0.653. The highest BCUT2D eigenvalue weighted by molar-refractivity contribution is 5.93. The third-order valence-corrected chi connectivity index (χ3v) is 8.05. The Morgan fingerprint density at radius 3 is 1.25 bits per heavy atom. The van der Waals surface area contributed by atoms with Crippen molar-refractivity contribution in [1.82, 2.24) is 0 Å². The number of benzene rings is 1. The smallest absolute Gasteiger partial charge is 0.338 e. The van der Waals surface area contributed by atoms with E-state index in [0.717, 1.165) is 51.4 Å². The standard InChI is InChI=1S/C28H42O8/c29-15-13-25(21-5-1-19(17-31)2-6-21)35-27(33)23-9-11-24(12-10-23)28(34)36-26(14-16-30)22-7-3-20(18-32)4-8-22/h9-12,19-22,25-26,29-32H,1-8,13-18H2. The fourth-order valence-electron chi connectivity index (χ4n) is 5.67. The number of aliphatic hydroxyl groups is 4. The van der Waals surface area contributed by atoms with Gasteiger partial charge in [-0.05, 0) is 99.3 Å². The van der Waals surface area contributed by atoms with Crippen LogP contribution >= 0.6 is 0 Å². The van der Waals surface area contributed by atoms with E-state index in [2.05, 4.69) is 0 Å². The number of carbonyl (C=O) groups excluding carboxylic acids is 2. The third-order valence-electron chi connectivity index (χ3n) is 8.05. The molecule has 2 aliphatic carbocycles. The molecule has 0 spiro atoms. The molecule has 202 valence electrons. The molecule has 2 unspecified atom stereocenters. The first-order valence-electron chi connectivity index (χ1n) is 13.4. The van der Waals surface area contributed by atoms with Crippen molar-refractivity contribution in [3.63, 3.8) is 0 Å². The zero-order chi connectivity index (χ0) is 25.9. The van der Waals surface area contributed by atoms with Gasteiger partial charge in [-0.15, -0.1) is 0 Å². The Kier molecular flexibility index (Phi) is 11.6. The molecular weight excluding hydrogens is 464 g/mol. The van der Waals surface area contributed by atoms with Gasteiger partial charge in [0.05, 0.1) is 11.1 Å². The quantitative estimate of drug-likeness (QED) is 0.318. The molecule has 1 aromatic rings. The van der Waals surface area contributed by atoms with E-state index in [1.165, 1.54) is 0 Å². The Labute approximate surface area is 213 Å². The van der Waals surface area contributed by atoms with E-state index < -0.39 is 11.9 Å². The van der Waals surface area contributed by atoms with Crippen molar-refractivity contribution in [3.8, 4) is 0 Å². The largest absolute Gasteiger partial charge is 0.458 e. The molecule has 2 fully saturated rings. The number of esters is 2. The number of rotatable bonds is 12. The van der Waals surface area contributed by atoms with Crippen LogP contribution in [0.1, 0.15) is 84.9 Å². The van der Waals surface area contributed by atoms with E-state index in [-0.39, 0.29) is 50.5 Å². The van der Waals surface area contributed by atoms with Crippen molar-refractivity contribution >= 4 is 11.9 Å². The second kappa shape index (κ2) is 14.7. The molecule has 3 rings (SSSR count). The van der Waals surface area contributed by atoms with Crippen molar-refractivity contribution in [3.05, 3.63) is 35.4 Å². The van der Waals surface area contributed by atoms with Gasteiger partial charge in [-0.1, -0.05) is 0 Å². The zero-order valence-electron chi connectivity index (χ0n) is 21.1. The molecule has 2 atom stereocenters. The number of hydrogen-bond donors (Lipinski definition) is 4. The van der Waals surface area contributed by atoms with Crippen LogP contribution in [-0.4, -0.2) is 71.0 Å². The van der Waals surface area contributed by atoms with Crippen molar-refractivity contribution in [2.45, 2.75) is 76.4 Å². The van der Waals surface area contributed by atoms with Crippen LogP contribution in [0.5, 0.6) is 0 Å². The molecule has 4 N–H and O–H groups in total. The van der Waals surface area contributed by atoms with Gasteiger partial charge < -0.3 is 29.9 Å². The van der Waals surface area contributed by atoms with Gasteiger partial charge in [0.2, 0.25) is 0 Å². The molecule has 0 bridgehead atoms. The SMILES string of the molecule is O=C(OC(CCO)C1CCC(CO)CC1)c1ccc(C(=O)OC(CCO)C2CCC(CO)CC2)cc1. The van der Waals surface area contributed by atoms with Gasteiger partial charge in [0, 0.05) is 39.3 Å². The summed E-state index contributed by atoms with van der Waals surface area (Å²) in [6.07, 6.45) is 6.93. The fourth-order valence-corrected chi connectivity index (χ4v) is 5.67. The molecule has 0 amide bonds. The molecule has 0 saturated heterocycles. The first-order chi connectivity index (χ1) is 17.5. The molecule has 0 aliphatic heterocycles. The summed E-state index contributed by atoms with van der Waals surface area (Å²) in [6, 6.07) is 6.19.